The van der Waals surface area contributed by atoms with Crippen LogP contribution in [0.25, 0.3) is 11.1 Å². The van der Waals surface area contributed by atoms with Gasteiger partial charge in [0.05, 0.1) is 0 Å². The highest BCUT2D eigenvalue weighted by Crippen LogP contribution is 2.17. The molecule has 0 bridgehead atoms. The fraction of sp³-hybridized carbons (Fsp3) is 0.176. The van der Waals surface area contributed by atoms with E-state index in [2.05, 4.69) is 48.5 Å². The van der Waals surface area contributed by atoms with Gasteiger partial charge < -0.3 is 10.2 Å². The number of rotatable bonds is 2. The van der Waals surface area contributed by atoms with Crippen molar-refractivity contribution in [2.45, 2.75) is 20.3 Å². The topological polar surface area (TPSA) is 74.6 Å². The number of carboxylic acids is 2. The van der Waals surface area contributed by atoms with Gasteiger partial charge in [-0.1, -0.05) is 67.6 Å². The van der Waals surface area contributed by atoms with E-state index in [1.165, 1.54) is 11.1 Å². The van der Waals surface area contributed by atoms with Crippen molar-refractivity contribution in [3.8, 4) is 11.1 Å². The molecule has 4 nitrogen and oxygen atoms in total. The SMILES string of the molecule is CC(=O)O.CCC(=O)O.c1ccc(-c2ccccc2)cc1. The maximum Gasteiger partial charge on any atom is 0.303 e. The summed E-state index contributed by atoms with van der Waals surface area (Å²) in [6.45, 7) is 2.68. The predicted molar refractivity (Wildman–Crippen MR) is 83.1 cm³/mol. The van der Waals surface area contributed by atoms with Crippen molar-refractivity contribution in [1.29, 1.82) is 0 Å². The molecule has 2 aromatic rings. The highest BCUT2D eigenvalue weighted by molar-refractivity contribution is 5.66. The summed E-state index contributed by atoms with van der Waals surface area (Å²) in [4.78, 5) is 18.4. The minimum atomic E-state index is -0.833. The summed E-state index contributed by atoms with van der Waals surface area (Å²) in [5.74, 6) is -1.58. The van der Waals surface area contributed by atoms with E-state index in [-0.39, 0.29) is 6.42 Å². The van der Waals surface area contributed by atoms with E-state index in [9.17, 15) is 4.79 Å². The molecule has 0 atom stereocenters. The summed E-state index contributed by atoms with van der Waals surface area (Å²) in [5, 5.41) is 15.1. The third-order valence-corrected chi connectivity index (χ3v) is 2.18. The molecule has 0 amide bonds. The average Bonchev–Trinajstić information content (AvgIpc) is 2.49. The normalized spacial score (nSPS) is 8.48. The summed E-state index contributed by atoms with van der Waals surface area (Å²) in [5.41, 5.74) is 2.55. The molecule has 2 aromatic carbocycles. The van der Waals surface area contributed by atoms with Gasteiger partial charge in [-0.3, -0.25) is 9.59 Å². The third-order valence-electron chi connectivity index (χ3n) is 2.18. The van der Waals surface area contributed by atoms with E-state index in [0.717, 1.165) is 6.92 Å². The zero-order valence-corrected chi connectivity index (χ0v) is 12.2. The largest absolute Gasteiger partial charge is 0.481 e. The molecule has 21 heavy (non-hydrogen) atoms. The van der Waals surface area contributed by atoms with Crippen molar-refractivity contribution >= 4 is 11.9 Å². The van der Waals surface area contributed by atoms with E-state index in [0.29, 0.717) is 0 Å². The molecule has 0 fully saturated rings. The molecule has 0 aliphatic carbocycles. The summed E-state index contributed by atoms with van der Waals surface area (Å²) < 4.78 is 0. The lowest BCUT2D eigenvalue weighted by molar-refractivity contribution is -0.137. The second kappa shape index (κ2) is 11.2. The second-order valence-corrected chi connectivity index (χ2v) is 4.00. The van der Waals surface area contributed by atoms with Crippen molar-refractivity contribution in [2.75, 3.05) is 0 Å². The highest BCUT2D eigenvalue weighted by Gasteiger charge is 1.91. The third kappa shape index (κ3) is 10.9. The summed E-state index contributed by atoms with van der Waals surface area (Å²) in [7, 11) is 0. The number of hydrogen-bond acceptors (Lipinski definition) is 2. The van der Waals surface area contributed by atoms with Crippen LogP contribution < -0.4 is 0 Å². The first-order valence-corrected chi connectivity index (χ1v) is 6.49. The van der Waals surface area contributed by atoms with Crippen LogP contribution in [-0.2, 0) is 9.59 Å². The van der Waals surface area contributed by atoms with Crippen LogP contribution in [0.5, 0.6) is 0 Å². The van der Waals surface area contributed by atoms with Crippen LogP contribution in [0.4, 0.5) is 0 Å². The number of benzene rings is 2. The molecular formula is C17H20O4. The maximum absolute atomic E-state index is 9.37. The lowest BCUT2D eigenvalue weighted by atomic mass is 10.1. The molecule has 0 aromatic heterocycles. The van der Waals surface area contributed by atoms with Crippen LogP contribution in [0.15, 0.2) is 60.7 Å². The number of aliphatic carboxylic acids is 2. The van der Waals surface area contributed by atoms with E-state index >= 15 is 0 Å². The Morgan fingerprint density at radius 1 is 0.810 bits per heavy atom. The van der Waals surface area contributed by atoms with Crippen molar-refractivity contribution in [3.63, 3.8) is 0 Å². The van der Waals surface area contributed by atoms with Gasteiger partial charge >= 0.3 is 5.97 Å². The van der Waals surface area contributed by atoms with Crippen LogP contribution >= 0.6 is 0 Å². The van der Waals surface area contributed by atoms with Gasteiger partial charge in [0.15, 0.2) is 0 Å². The fourth-order valence-electron chi connectivity index (χ4n) is 1.26. The summed E-state index contributed by atoms with van der Waals surface area (Å²) in [6, 6.07) is 20.8. The highest BCUT2D eigenvalue weighted by atomic mass is 16.4. The lowest BCUT2D eigenvalue weighted by Crippen LogP contribution is -1.86. The number of carboxylic acid groups (broad SMARTS) is 2. The smallest absolute Gasteiger partial charge is 0.303 e. The number of carbonyl (C=O) groups is 2. The maximum atomic E-state index is 9.37. The zero-order chi connectivity index (χ0) is 16.1. The van der Waals surface area contributed by atoms with E-state index in [1.807, 2.05) is 12.1 Å². The Balaban J connectivity index is 0.000000374. The molecule has 0 aliphatic heterocycles. The Morgan fingerprint density at radius 2 is 1.05 bits per heavy atom. The first-order chi connectivity index (χ1) is 9.97. The van der Waals surface area contributed by atoms with Crippen LogP contribution in [0.3, 0.4) is 0 Å². The first-order valence-electron chi connectivity index (χ1n) is 6.49. The molecule has 0 saturated heterocycles. The van der Waals surface area contributed by atoms with Crippen molar-refractivity contribution in [1.82, 2.24) is 0 Å². The molecule has 2 rings (SSSR count). The molecule has 0 unspecified atom stereocenters. The Hall–Kier alpha value is -2.62. The van der Waals surface area contributed by atoms with Gasteiger partial charge in [-0.2, -0.15) is 0 Å². The first kappa shape index (κ1) is 18.4. The van der Waals surface area contributed by atoms with Gasteiger partial charge in [-0.05, 0) is 11.1 Å². The summed E-state index contributed by atoms with van der Waals surface area (Å²) >= 11 is 0. The molecule has 0 saturated carbocycles. The Morgan fingerprint density at radius 3 is 1.24 bits per heavy atom. The summed E-state index contributed by atoms with van der Waals surface area (Å²) in [6.07, 6.45) is 0.222. The van der Waals surface area contributed by atoms with Gasteiger partial charge in [0.2, 0.25) is 0 Å². The second-order valence-electron chi connectivity index (χ2n) is 4.00. The van der Waals surface area contributed by atoms with Crippen LogP contribution in [0, 0.1) is 0 Å². The van der Waals surface area contributed by atoms with Crippen molar-refractivity contribution in [2.24, 2.45) is 0 Å². The van der Waals surface area contributed by atoms with Gasteiger partial charge in [-0.15, -0.1) is 0 Å². The minimum Gasteiger partial charge on any atom is -0.481 e. The molecular weight excluding hydrogens is 268 g/mol. The van der Waals surface area contributed by atoms with Crippen LogP contribution in [0.2, 0.25) is 0 Å². The lowest BCUT2D eigenvalue weighted by Gasteiger charge is -1.98. The Labute approximate surface area is 124 Å². The molecule has 0 aliphatic rings. The molecule has 2 N–H and O–H groups in total. The Kier molecular flexibility index (Phi) is 9.83. The van der Waals surface area contributed by atoms with Gasteiger partial charge in [0, 0.05) is 13.3 Å². The average molecular weight is 288 g/mol. The quantitative estimate of drug-likeness (QED) is 0.878. The molecule has 4 heteroatoms. The van der Waals surface area contributed by atoms with Gasteiger partial charge in [0.1, 0.15) is 0 Å². The molecule has 0 spiro atoms. The van der Waals surface area contributed by atoms with Gasteiger partial charge in [0.25, 0.3) is 5.97 Å². The Bertz CT molecular complexity index is 480. The molecule has 0 heterocycles. The van der Waals surface area contributed by atoms with E-state index < -0.39 is 11.9 Å². The van der Waals surface area contributed by atoms with Crippen LogP contribution in [0.1, 0.15) is 20.3 Å². The molecule has 112 valence electrons. The van der Waals surface area contributed by atoms with Crippen LogP contribution in [-0.4, -0.2) is 22.2 Å². The van der Waals surface area contributed by atoms with E-state index in [4.69, 9.17) is 15.0 Å². The van der Waals surface area contributed by atoms with Crippen molar-refractivity contribution < 1.29 is 19.8 Å². The van der Waals surface area contributed by atoms with Gasteiger partial charge in [-0.25, -0.2) is 0 Å². The zero-order valence-electron chi connectivity index (χ0n) is 12.2. The number of hydrogen-bond donors (Lipinski definition) is 2. The standard InChI is InChI=1S/C12H10.C3H6O2.C2H4O2/c1-3-7-11(8-4-1)12-9-5-2-6-10-12;1-2-3(4)5;1-2(3)4/h1-10H;2H2,1H3,(H,4,5);1H3,(H,3,4). The predicted octanol–water partition coefficient (Wildman–Crippen LogP) is 3.93. The monoisotopic (exact) mass is 288 g/mol. The fourth-order valence-corrected chi connectivity index (χ4v) is 1.26. The minimum absolute atomic E-state index is 0.222. The van der Waals surface area contributed by atoms with E-state index in [1.54, 1.807) is 6.92 Å². The molecule has 0 radical (unpaired) electrons. The van der Waals surface area contributed by atoms with Crippen molar-refractivity contribution in [3.05, 3.63) is 60.7 Å².